The van der Waals surface area contributed by atoms with Crippen molar-refractivity contribution < 1.29 is 23.4 Å². The van der Waals surface area contributed by atoms with Gasteiger partial charge in [-0.1, -0.05) is 6.07 Å². The smallest absolute Gasteiger partial charge is 0.272 e. The van der Waals surface area contributed by atoms with E-state index in [9.17, 15) is 13.9 Å². The Morgan fingerprint density at radius 2 is 2.12 bits per heavy atom. The molecule has 3 rings (SSSR count). The first kappa shape index (κ1) is 17.4. The molecule has 0 radical (unpaired) electrons. The number of benzene rings is 1. The van der Waals surface area contributed by atoms with E-state index in [-0.39, 0.29) is 17.6 Å². The Balaban J connectivity index is 1.94. The van der Waals surface area contributed by atoms with Crippen LogP contribution in [0, 0.1) is 0 Å². The number of hydrogen-bond donors (Lipinski definition) is 1. The number of likely N-dealkylation sites (tertiary alicyclic amines) is 1. The number of rotatable bonds is 5. The maximum Gasteiger partial charge on any atom is 0.272 e. The molecular weight excluding hydrogens is 316 g/mol. The van der Waals surface area contributed by atoms with Crippen LogP contribution in [0.25, 0.3) is 0 Å². The number of nitrogens with zero attached hydrogens (tertiary/aromatic N) is 1. The summed E-state index contributed by atoms with van der Waals surface area (Å²) in [7, 11) is 3.59. The zero-order chi connectivity index (χ0) is 17.3. The maximum absolute atomic E-state index is 12.5. The van der Waals surface area contributed by atoms with E-state index in [1.807, 2.05) is 12.1 Å². The monoisotopic (exact) mass is 341 g/mol. The zero-order valence-electron chi connectivity index (χ0n) is 14.2. The van der Waals surface area contributed by atoms with E-state index in [1.54, 1.807) is 6.07 Å². The zero-order valence-corrected chi connectivity index (χ0v) is 14.2. The van der Waals surface area contributed by atoms with Crippen LogP contribution in [0.5, 0.6) is 11.5 Å². The second-order valence-electron chi connectivity index (χ2n) is 6.90. The summed E-state index contributed by atoms with van der Waals surface area (Å²) in [5.74, 6) is 0.832. The van der Waals surface area contributed by atoms with Crippen LogP contribution in [0.4, 0.5) is 8.78 Å². The fourth-order valence-electron chi connectivity index (χ4n) is 4.35. The van der Waals surface area contributed by atoms with Crippen molar-refractivity contribution in [3.05, 3.63) is 23.8 Å². The fraction of sp³-hybridized carbons (Fsp3) is 0.667. The van der Waals surface area contributed by atoms with Crippen LogP contribution < -0.4 is 9.47 Å². The Labute approximate surface area is 141 Å². The lowest BCUT2D eigenvalue weighted by atomic mass is 9.65. The highest BCUT2D eigenvalue weighted by molar-refractivity contribution is 5.46. The van der Waals surface area contributed by atoms with Crippen LogP contribution >= 0.6 is 0 Å². The predicted octanol–water partition coefficient (Wildman–Crippen LogP) is 2.83. The standard InChI is InChI=1S/C18H25F2NO3/c1-21-8-7-18(6-5-13(22)10-16(18)21)12-3-4-14(23-2)15(9-12)24-11-17(19)20/h3-4,9,13,16-17,22H,5-8,10-11H2,1-2H3/t13?,16?,18-/m0/s1. The van der Waals surface area contributed by atoms with Crippen molar-refractivity contribution >= 4 is 0 Å². The molecule has 2 fully saturated rings. The largest absolute Gasteiger partial charge is 0.493 e. The van der Waals surface area contributed by atoms with Crippen LogP contribution in [0.1, 0.15) is 31.2 Å². The van der Waals surface area contributed by atoms with Gasteiger partial charge >= 0.3 is 0 Å². The van der Waals surface area contributed by atoms with Gasteiger partial charge in [0.1, 0.15) is 6.61 Å². The summed E-state index contributed by atoms with van der Waals surface area (Å²) in [6.07, 6.45) is 0.619. The van der Waals surface area contributed by atoms with Gasteiger partial charge in [0, 0.05) is 11.5 Å². The van der Waals surface area contributed by atoms with Gasteiger partial charge in [-0.25, -0.2) is 8.78 Å². The first-order valence-corrected chi connectivity index (χ1v) is 8.44. The van der Waals surface area contributed by atoms with E-state index in [0.29, 0.717) is 11.5 Å². The minimum Gasteiger partial charge on any atom is -0.493 e. The number of fused-ring (bicyclic) bond motifs is 1. The van der Waals surface area contributed by atoms with E-state index in [2.05, 4.69) is 11.9 Å². The van der Waals surface area contributed by atoms with Crippen molar-refractivity contribution in [3.8, 4) is 11.5 Å². The molecule has 24 heavy (non-hydrogen) atoms. The summed E-state index contributed by atoms with van der Waals surface area (Å²) in [6.45, 7) is 0.325. The Morgan fingerprint density at radius 1 is 1.33 bits per heavy atom. The molecule has 0 bridgehead atoms. The second kappa shape index (κ2) is 6.84. The molecule has 1 aliphatic carbocycles. The third-order valence-electron chi connectivity index (χ3n) is 5.60. The van der Waals surface area contributed by atoms with Gasteiger partial charge in [0.2, 0.25) is 0 Å². The van der Waals surface area contributed by atoms with E-state index in [1.165, 1.54) is 7.11 Å². The molecular formula is C18H25F2NO3. The molecule has 0 spiro atoms. The minimum absolute atomic E-state index is 0.0524. The van der Waals surface area contributed by atoms with Crippen LogP contribution in [0.2, 0.25) is 0 Å². The third-order valence-corrected chi connectivity index (χ3v) is 5.60. The number of aliphatic hydroxyl groups is 1. The van der Waals surface area contributed by atoms with E-state index >= 15 is 0 Å². The number of likely N-dealkylation sites (N-methyl/N-ethyl adjacent to an activating group) is 1. The van der Waals surface area contributed by atoms with Crippen molar-refractivity contribution in [2.75, 3.05) is 27.3 Å². The molecule has 1 saturated carbocycles. The Bertz CT molecular complexity index is 583. The highest BCUT2D eigenvalue weighted by atomic mass is 19.3. The molecule has 1 N–H and O–H groups in total. The Hall–Kier alpha value is -1.40. The van der Waals surface area contributed by atoms with Crippen molar-refractivity contribution in [1.82, 2.24) is 4.90 Å². The average Bonchev–Trinajstić information content (AvgIpc) is 2.90. The summed E-state index contributed by atoms with van der Waals surface area (Å²) in [5.41, 5.74) is 1.04. The number of aliphatic hydroxyl groups excluding tert-OH is 1. The fourth-order valence-corrected chi connectivity index (χ4v) is 4.35. The molecule has 3 atom stereocenters. The summed E-state index contributed by atoms with van der Waals surface area (Å²) in [6, 6.07) is 5.92. The number of halogens is 2. The third kappa shape index (κ3) is 3.09. The van der Waals surface area contributed by atoms with E-state index < -0.39 is 13.0 Å². The first-order valence-electron chi connectivity index (χ1n) is 8.44. The number of alkyl halides is 2. The molecule has 0 amide bonds. The van der Waals surface area contributed by atoms with Crippen LogP contribution in [-0.4, -0.2) is 55.9 Å². The number of ether oxygens (including phenoxy) is 2. The molecule has 4 nitrogen and oxygen atoms in total. The number of hydrogen-bond acceptors (Lipinski definition) is 4. The van der Waals surface area contributed by atoms with E-state index in [4.69, 9.17) is 9.47 Å². The predicted molar refractivity (Wildman–Crippen MR) is 87.1 cm³/mol. The van der Waals surface area contributed by atoms with Crippen LogP contribution in [-0.2, 0) is 5.41 Å². The molecule has 2 aliphatic rings. The molecule has 1 saturated heterocycles. The van der Waals surface area contributed by atoms with Gasteiger partial charge in [0.25, 0.3) is 6.43 Å². The highest BCUT2D eigenvalue weighted by Crippen LogP contribution is 2.49. The molecule has 134 valence electrons. The topological polar surface area (TPSA) is 41.9 Å². The summed E-state index contributed by atoms with van der Waals surface area (Å²) < 4.78 is 35.6. The Kier molecular flexibility index (Phi) is 4.97. The van der Waals surface area contributed by atoms with Crippen molar-refractivity contribution in [1.29, 1.82) is 0 Å². The lowest BCUT2D eigenvalue weighted by Crippen LogP contribution is -2.47. The van der Waals surface area contributed by atoms with E-state index in [0.717, 1.165) is 37.8 Å². The molecule has 1 heterocycles. The van der Waals surface area contributed by atoms with Gasteiger partial charge in [-0.05, 0) is 57.0 Å². The lowest BCUT2D eigenvalue weighted by Gasteiger charge is -2.43. The molecule has 0 aromatic heterocycles. The second-order valence-corrected chi connectivity index (χ2v) is 6.90. The normalized spacial score (nSPS) is 30.4. The van der Waals surface area contributed by atoms with Gasteiger partial charge in [-0.15, -0.1) is 0 Å². The molecule has 2 unspecified atom stereocenters. The lowest BCUT2D eigenvalue weighted by molar-refractivity contribution is 0.0563. The molecule has 6 heteroatoms. The Morgan fingerprint density at radius 3 is 2.83 bits per heavy atom. The van der Waals surface area contributed by atoms with Crippen LogP contribution in [0.15, 0.2) is 18.2 Å². The minimum atomic E-state index is -2.52. The van der Waals surface area contributed by atoms with Crippen molar-refractivity contribution in [2.24, 2.45) is 0 Å². The quantitative estimate of drug-likeness (QED) is 0.894. The van der Waals surface area contributed by atoms with Gasteiger partial charge < -0.3 is 19.5 Å². The SMILES string of the molecule is COc1ccc([C@@]23CCC(O)CC2N(C)CC3)cc1OCC(F)F. The highest BCUT2D eigenvalue weighted by Gasteiger charge is 2.50. The van der Waals surface area contributed by atoms with Gasteiger partial charge in [-0.3, -0.25) is 0 Å². The average molecular weight is 341 g/mol. The molecule has 1 aromatic carbocycles. The van der Waals surface area contributed by atoms with Crippen LogP contribution in [0.3, 0.4) is 0 Å². The summed E-state index contributed by atoms with van der Waals surface area (Å²) in [5, 5.41) is 10.1. The van der Waals surface area contributed by atoms with Crippen molar-refractivity contribution in [3.63, 3.8) is 0 Å². The van der Waals surface area contributed by atoms with Gasteiger partial charge in [-0.2, -0.15) is 0 Å². The van der Waals surface area contributed by atoms with Gasteiger partial charge in [0.15, 0.2) is 11.5 Å². The molecule has 1 aromatic rings. The summed E-state index contributed by atoms with van der Waals surface area (Å²) in [4.78, 5) is 2.30. The van der Waals surface area contributed by atoms with Crippen molar-refractivity contribution in [2.45, 2.75) is 49.7 Å². The van der Waals surface area contributed by atoms with Gasteiger partial charge in [0.05, 0.1) is 13.2 Å². The first-order chi connectivity index (χ1) is 11.5. The number of methoxy groups -OCH3 is 1. The molecule has 1 aliphatic heterocycles. The summed E-state index contributed by atoms with van der Waals surface area (Å²) >= 11 is 0. The maximum atomic E-state index is 12.5.